The molecule has 0 unspecified atom stereocenters. The van der Waals surface area contributed by atoms with Gasteiger partial charge >= 0.3 is 6.18 Å². The fourth-order valence-corrected chi connectivity index (χ4v) is 3.14. The van der Waals surface area contributed by atoms with Crippen molar-refractivity contribution in [2.75, 3.05) is 10.6 Å². The molecule has 0 spiro atoms. The van der Waals surface area contributed by atoms with Gasteiger partial charge in [-0.15, -0.1) is 5.10 Å². The zero-order chi connectivity index (χ0) is 21.3. The molecule has 0 radical (unpaired) electrons. The number of nitrogens with one attached hydrogen (secondary N) is 2. The molecule has 7 nitrogen and oxygen atoms in total. The first-order chi connectivity index (χ1) is 14.3. The van der Waals surface area contributed by atoms with Crippen molar-refractivity contribution in [3.05, 3.63) is 59.6 Å². The summed E-state index contributed by atoms with van der Waals surface area (Å²) < 4.78 is 38.6. The van der Waals surface area contributed by atoms with E-state index in [2.05, 4.69) is 30.9 Å². The largest absolute Gasteiger partial charge is 0.408 e. The maximum Gasteiger partial charge on any atom is 0.408 e. The number of alkyl halides is 3. The lowest BCUT2D eigenvalue weighted by Gasteiger charge is -2.11. The molecule has 0 aliphatic heterocycles. The van der Waals surface area contributed by atoms with E-state index in [0.29, 0.717) is 39.1 Å². The van der Waals surface area contributed by atoms with Crippen molar-refractivity contribution < 1.29 is 13.2 Å². The summed E-state index contributed by atoms with van der Waals surface area (Å²) in [5.74, 6) is 0.444. The molecule has 0 atom stereocenters. The fraction of sp³-hybridized carbons (Fsp3) is 0.158. The Morgan fingerprint density at radius 2 is 1.97 bits per heavy atom. The average molecular weight is 434 g/mol. The molecule has 11 heteroatoms. The summed E-state index contributed by atoms with van der Waals surface area (Å²) >= 11 is 6.18. The third kappa shape index (κ3) is 4.43. The number of anilines is 4. The van der Waals surface area contributed by atoms with Crippen LogP contribution in [0.15, 0.2) is 48.9 Å². The standard InChI is InChI=1S/C19H15ClF3N7/c1-11-16(9-30(29-11)10-19(21,22)23)27-17-7-12(5-6-24-17)26-15-8-25-28-18-13(15)3-2-4-14(18)20/h2-9H,10H2,1H3,(H2,24,26,27,28). The van der Waals surface area contributed by atoms with Gasteiger partial charge in [-0.1, -0.05) is 23.7 Å². The van der Waals surface area contributed by atoms with Gasteiger partial charge in [-0.3, -0.25) is 4.68 Å². The summed E-state index contributed by atoms with van der Waals surface area (Å²) in [6.45, 7) is 0.463. The number of fused-ring (bicyclic) bond motifs is 1. The van der Waals surface area contributed by atoms with Crippen molar-refractivity contribution in [2.45, 2.75) is 19.6 Å². The third-order valence-corrected chi connectivity index (χ3v) is 4.52. The van der Waals surface area contributed by atoms with E-state index in [4.69, 9.17) is 11.6 Å². The van der Waals surface area contributed by atoms with Gasteiger partial charge in [-0.2, -0.15) is 23.4 Å². The summed E-state index contributed by atoms with van der Waals surface area (Å²) in [6.07, 6.45) is 0.108. The van der Waals surface area contributed by atoms with E-state index in [1.54, 1.807) is 37.5 Å². The molecule has 1 aromatic carbocycles. The maximum atomic E-state index is 12.6. The quantitative estimate of drug-likeness (QED) is 0.448. The Morgan fingerprint density at radius 1 is 1.13 bits per heavy atom. The van der Waals surface area contributed by atoms with E-state index in [9.17, 15) is 13.2 Å². The molecule has 0 saturated heterocycles. The number of rotatable bonds is 5. The van der Waals surface area contributed by atoms with Crippen LogP contribution in [0.4, 0.5) is 36.1 Å². The Bertz CT molecular complexity index is 1210. The molecule has 4 aromatic rings. The molecule has 4 rings (SSSR count). The molecular weight excluding hydrogens is 419 g/mol. The molecule has 0 bridgehead atoms. The molecule has 3 heterocycles. The van der Waals surface area contributed by atoms with Crippen molar-refractivity contribution in [1.29, 1.82) is 0 Å². The molecular formula is C19H15ClF3N7. The Morgan fingerprint density at radius 3 is 2.77 bits per heavy atom. The number of hydrogen-bond donors (Lipinski definition) is 2. The van der Waals surface area contributed by atoms with Crippen LogP contribution in [0, 0.1) is 6.92 Å². The fourth-order valence-electron chi connectivity index (χ4n) is 2.92. The molecule has 154 valence electrons. The lowest BCUT2D eigenvalue weighted by atomic mass is 10.2. The summed E-state index contributed by atoms with van der Waals surface area (Å²) in [5, 5.41) is 19.5. The number of aryl methyl sites for hydroxylation is 1. The smallest absolute Gasteiger partial charge is 0.354 e. The molecule has 2 N–H and O–H groups in total. The Labute approximate surface area is 173 Å². The van der Waals surface area contributed by atoms with Crippen LogP contribution in [-0.2, 0) is 6.54 Å². The predicted octanol–water partition coefficient (Wildman–Crippen LogP) is 5.23. The number of benzene rings is 1. The first-order valence-corrected chi connectivity index (χ1v) is 9.17. The number of aromatic nitrogens is 5. The highest BCUT2D eigenvalue weighted by molar-refractivity contribution is 6.35. The third-order valence-electron chi connectivity index (χ3n) is 4.21. The van der Waals surface area contributed by atoms with Crippen LogP contribution >= 0.6 is 11.6 Å². The lowest BCUT2D eigenvalue weighted by molar-refractivity contribution is -0.142. The van der Waals surface area contributed by atoms with Gasteiger partial charge in [0.15, 0.2) is 0 Å². The first kappa shape index (κ1) is 19.9. The van der Waals surface area contributed by atoms with Crippen LogP contribution < -0.4 is 10.6 Å². The Kier molecular flexibility index (Phi) is 5.17. The monoisotopic (exact) mass is 433 g/mol. The van der Waals surface area contributed by atoms with Crippen LogP contribution in [0.3, 0.4) is 0 Å². The van der Waals surface area contributed by atoms with Gasteiger partial charge in [0.2, 0.25) is 0 Å². The minimum absolute atomic E-state index is 0.429. The second-order valence-corrected chi connectivity index (χ2v) is 6.92. The highest BCUT2D eigenvalue weighted by Gasteiger charge is 2.28. The van der Waals surface area contributed by atoms with Crippen LogP contribution in [0.1, 0.15) is 5.69 Å². The molecule has 0 amide bonds. The Hall–Kier alpha value is -3.40. The van der Waals surface area contributed by atoms with Gasteiger partial charge in [0.1, 0.15) is 17.9 Å². The normalized spacial score (nSPS) is 11.6. The van der Waals surface area contributed by atoms with Crippen molar-refractivity contribution in [1.82, 2.24) is 25.0 Å². The number of nitrogens with zero attached hydrogens (tertiary/aromatic N) is 5. The zero-order valence-corrected chi connectivity index (χ0v) is 16.3. The maximum absolute atomic E-state index is 12.6. The predicted molar refractivity (Wildman–Crippen MR) is 108 cm³/mol. The van der Waals surface area contributed by atoms with Crippen LogP contribution in [0.2, 0.25) is 5.02 Å². The summed E-state index contributed by atoms with van der Waals surface area (Å²) in [6, 6.07) is 8.90. The van der Waals surface area contributed by atoms with E-state index >= 15 is 0 Å². The summed E-state index contributed by atoms with van der Waals surface area (Å²) in [4.78, 5) is 4.22. The van der Waals surface area contributed by atoms with E-state index < -0.39 is 12.7 Å². The average Bonchev–Trinajstić information content (AvgIpc) is 3.00. The topological polar surface area (TPSA) is 80.5 Å². The van der Waals surface area contributed by atoms with E-state index in [1.165, 1.54) is 6.20 Å². The highest BCUT2D eigenvalue weighted by Crippen LogP contribution is 2.29. The summed E-state index contributed by atoms with van der Waals surface area (Å²) in [5.41, 5.74) is 2.84. The highest BCUT2D eigenvalue weighted by atomic mass is 35.5. The number of halogens is 4. The molecule has 3 aromatic heterocycles. The van der Waals surface area contributed by atoms with E-state index in [1.807, 2.05) is 12.1 Å². The van der Waals surface area contributed by atoms with Gasteiger partial charge in [-0.05, 0) is 19.1 Å². The van der Waals surface area contributed by atoms with Gasteiger partial charge in [0, 0.05) is 29.5 Å². The lowest BCUT2D eigenvalue weighted by Crippen LogP contribution is -2.17. The minimum Gasteiger partial charge on any atom is -0.354 e. The van der Waals surface area contributed by atoms with E-state index in [0.717, 1.165) is 10.1 Å². The molecule has 0 fully saturated rings. The van der Waals surface area contributed by atoms with Crippen molar-refractivity contribution in [3.8, 4) is 0 Å². The van der Waals surface area contributed by atoms with E-state index in [-0.39, 0.29) is 0 Å². The van der Waals surface area contributed by atoms with Crippen LogP contribution in [-0.4, -0.2) is 31.1 Å². The number of hydrogen-bond acceptors (Lipinski definition) is 6. The van der Waals surface area contributed by atoms with Crippen molar-refractivity contribution in [2.24, 2.45) is 0 Å². The van der Waals surface area contributed by atoms with Gasteiger partial charge < -0.3 is 10.6 Å². The molecule has 0 saturated carbocycles. The first-order valence-electron chi connectivity index (χ1n) is 8.79. The Balaban J connectivity index is 1.57. The van der Waals surface area contributed by atoms with Crippen molar-refractivity contribution >= 4 is 45.4 Å². The van der Waals surface area contributed by atoms with Gasteiger partial charge in [-0.25, -0.2) is 4.98 Å². The van der Waals surface area contributed by atoms with Gasteiger partial charge in [0.25, 0.3) is 0 Å². The van der Waals surface area contributed by atoms with Crippen molar-refractivity contribution in [3.63, 3.8) is 0 Å². The number of pyridine rings is 1. The molecule has 0 aliphatic rings. The second-order valence-electron chi connectivity index (χ2n) is 6.51. The second kappa shape index (κ2) is 7.79. The zero-order valence-electron chi connectivity index (χ0n) is 15.6. The van der Waals surface area contributed by atoms with Crippen LogP contribution in [0.25, 0.3) is 10.9 Å². The molecule has 30 heavy (non-hydrogen) atoms. The SMILES string of the molecule is Cc1nn(CC(F)(F)F)cc1Nc1cc(Nc2cnnc3c(Cl)cccc23)ccn1. The molecule has 0 aliphatic carbocycles. The van der Waals surface area contributed by atoms with Gasteiger partial charge in [0.05, 0.1) is 28.3 Å². The summed E-state index contributed by atoms with van der Waals surface area (Å²) in [7, 11) is 0. The van der Waals surface area contributed by atoms with Crippen LogP contribution in [0.5, 0.6) is 0 Å². The minimum atomic E-state index is -4.35.